The smallest absolute Gasteiger partial charge is 0.0709 e. The van der Waals surface area contributed by atoms with E-state index >= 15 is 0 Å². The Hall–Kier alpha value is -5.64. The van der Waals surface area contributed by atoms with Crippen LogP contribution in [0, 0.1) is 0 Å². The zero-order valence-corrected chi connectivity index (χ0v) is 25.3. The van der Waals surface area contributed by atoms with E-state index in [-0.39, 0.29) is 0 Å². The molecule has 0 radical (unpaired) electrons. The molecule has 2 nitrogen and oxygen atoms in total. The summed E-state index contributed by atoms with van der Waals surface area (Å²) in [5.74, 6) is 0. The lowest BCUT2D eigenvalue weighted by molar-refractivity contribution is 1.18. The predicted molar refractivity (Wildman–Crippen MR) is 194 cm³/mol. The molecule has 0 fully saturated rings. The Balaban J connectivity index is 1.31. The molecular weight excluding hydrogens is 565 g/mol. The van der Waals surface area contributed by atoms with E-state index in [1.807, 2.05) is 11.3 Å². The third kappa shape index (κ3) is 4.24. The minimum Gasteiger partial charge on any atom is -0.353 e. The van der Waals surface area contributed by atoms with Crippen molar-refractivity contribution in [3.8, 4) is 27.9 Å². The maximum absolute atomic E-state index is 3.92. The van der Waals surface area contributed by atoms with Gasteiger partial charge in [0.25, 0.3) is 0 Å². The number of thiophene rings is 1. The second-order valence-corrected chi connectivity index (χ2v) is 12.5. The van der Waals surface area contributed by atoms with Crippen molar-refractivity contribution in [3.05, 3.63) is 164 Å². The van der Waals surface area contributed by atoms with E-state index in [0.717, 1.165) is 17.1 Å². The molecule has 45 heavy (non-hydrogen) atoms. The van der Waals surface area contributed by atoms with Crippen LogP contribution < -0.4 is 5.32 Å². The zero-order chi connectivity index (χ0) is 29.7. The molecule has 3 heteroatoms. The number of nitrogens with zero attached hydrogens (tertiary/aromatic N) is 1. The van der Waals surface area contributed by atoms with Crippen LogP contribution in [-0.2, 0) is 0 Å². The van der Waals surface area contributed by atoms with Gasteiger partial charge in [0.2, 0.25) is 0 Å². The average molecular weight is 593 g/mol. The topological polar surface area (TPSA) is 17.0 Å². The van der Waals surface area contributed by atoms with Gasteiger partial charge >= 0.3 is 0 Å². The number of aromatic nitrogens is 1. The van der Waals surface area contributed by atoms with Crippen molar-refractivity contribution in [1.29, 1.82) is 0 Å². The van der Waals surface area contributed by atoms with Crippen molar-refractivity contribution in [2.75, 3.05) is 5.32 Å². The normalized spacial score (nSPS) is 11.6. The number of hydrogen-bond acceptors (Lipinski definition) is 2. The maximum Gasteiger partial charge on any atom is 0.0709 e. The van der Waals surface area contributed by atoms with Gasteiger partial charge in [0.1, 0.15) is 0 Å². The lowest BCUT2D eigenvalue weighted by Crippen LogP contribution is -2.02. The highest BCUT2D eigenvalue weighted by molar-refractivity contribution is 7.25. The van der Waals surface area contributed by atoms with Gasteiger partial charge in [-0.2, -0.15) is 0 Å². The third-order valence-corrected chi connectivity index (χ3v) is 9.95. The van der Waals surface area contributed by atoms with Crippen LogP contribution in [0.15, 0.2) is 164 Å². The van der Waals surface area contributed by atoms with Crippen molar-refractivity contribution in [3.63, 3.8) is 0 Å². The lowest BCUT2D eigenvalue weighted by atomic mass is 9.96. The highest BCUT2D eigenvalue weighted by atomic mass is 32.1. The fourth-order valence-corrected chi connectivity index (χ4v) is 7.92. The van der Waals surface area contributed by atoms with Crippen molar-refractivity contribution in [2.24, 2.45) is 0 Å². The van der Waals surface area contributed by atoms with Crippen LogP contribution in [0.1, 0.15) is 0 Å². The molecule has 0 bridgehead atoms. The molecule has 9 aromatic rings. The molecule has 212 valence electrons. The van der Waals surface area contributed by atoms with Gasteiger partial charge in [0, 0.05) is 42.2 Å². The summed E-state index contributed by atoms with van der Waals surface area (Å²) in [6.45, 7) is 0. The molecule has 0 saturated carbocycles. The number of para-hydroxylation sites is 3. The van der Waals surface area contributed by atoms with Crippen LogP contribution >= 0.6 is 11.3 Å². The van der Waals surface area contributed by atoms with Crippen LogP contribution in [-0.4, -0.2) is 4.57 Å². The summed E-state index contributed by atoms with van der Waals surface area (Å²) in [7, 11) is 0. The van der Waals surface area contributed by atoms with E-state index in [9.17, 15) is 0 Å². The van der Waals surface area contributed by atoms with E-state index in [1.165, 1.54) is 64.2 Å². The second-order valence-electron chi connectivity index (χ2n) is 11.4. The number of hydrogen-bond donors (Lipinski definition) is 1. The molecule has 0 aliphatic carbocycles. The molecule has 0 spiro atoms. The fraction of sp³-hybridized carbons (Fsp3) is 0. The molecule has 0 saturated heterocycles. The van der Waals surface area contributed by atoms with Crippen LogP contribution in [0.4, 0.5) is 11.4 Å². The number of anilines is 2. The summed E-state index contributed by atoms with van der Waals surface area (Å²) >= 11 is 1.86. The zero-order valence-electron chi connectivity index (χ0n) is 24.4. The fourth-order valence-electron chi connectivity index (χ4n) is 6.78. The number of nitrogens with one attached hydrogen (secondary N) is 1. The van der Waals surface area contributed by atoms with Gasteiger partial charge in [0.05, 0.1) is 22.4 Å². The van der Waals surface area contributed by atoms with Crippen molar-refractivity contribution >= 4 is 64.7 Å². The predicted octanol–water partition coefficient (Wildman–Crippen LogP) is 12.2. The Morgan fingerprint density at radius 2 is 1.00 bits per heavy atom. The Morgan fingerprint density at radius 3 is 1.76 bits per heavy atom. The monoisotopic (exact) mass is 592 g/mol. The summed E-state index contributed by atoms with van der Waals surface area (Å²) < 4.78 is 5.03. The Morgan fingerprint density at radius 1 is 0.422 bits per heavy atom. The van der Waals surface area contributed by atoms with Gasteiger partial charge in [-0.15, -0.1) is 11.3 Å². The van der Waals surface area contributed by atoms with E-state index in [0.29, 0.717) is 0 Å². The van der Waals surface area contributed by atoms with E-state index in [4.69, 9.17) is 0 Å². The molecule has 0 aliphatic rings. The van der Waals surface area contributed by atoms with E-state index < -0.39 is 0 Å². The van der Waals surface area contributed by atoms with Gasteiger partial charge in [-0.05, 0) is 59.2 Å². The molecule has 0 aliphatic heterocycles. The van der Waals surface area contributed by atoms with E-state index in [2.05, 4.69) is 174 Å². The van der Waals surface area contributed by atoms with Gasteiger partial charge in [-0.3, -0.25) is 0 Å². The largest absolute Gasteiger partial charge is 0.353 e. The number of fused-ring (bicyclic) bond motifs is 6. The van der Waals surface area contributed by atoms with Gasteiger partial charge in [-0.25, -0.2) is 0 Å². The quantitative estimate of drug-likeness (QED) is 0.210. The molecule has 1 N–H and O–H groups in total. The number of benzene rings is 7. The summed E-state index contributed by atoms with van der Waals surface area (Å²) in [5.41, 5.74) is 10.5. The molecular formula is C42H28N2S. The van der Waals surface area contributed by atoms with Gasteiger partial charge in [-0.1, -0.05) is 121 Å². The standard InChI is InChI=1S/C42H28N2S/c1-2-12-28(13-3-1)29-24-26-30(27-25-29)43-42-34(33-17-11-23-40-41(33)35-16-6-9-22-39(35)45-40)18-10-21-38(42)44-36-19-7-4-14-31(36)32-15-5-8-20-37(32)44/h1-27,43H. The van der Waals surface area contributed by atoms with Crippen molar-refractivity contribution in [1.82, 2.24) is 4.57 Å². The number of rotatable bonds is 5. The highest BCUT2D eigenvalue weighted by Crippen LogP contribution is 2.45. The highest BCUT2D eigenvalue weighted by Gasteiger charge is 2.20. The first-order valence-corrected chi connectivity index (χ1v) is 16.1. The van der Waals surface area contributed by atoms with Crippen LogP contribution in [0.2, 0.25) is 0 Å². The summed E-state index contributed by atoms with van der Waals surface area (Å²) in [6.07, 6.45) is 0. The summed E-state index contributed by atoms with van der Waals surface area (Å²) in [5, 5.41) is 9.03. The second kappa shape index (κ2) is 10.5. The van der Waals surface area contributed by atoms with Crippen LogP contribution in [0.3, 0.4) is 0 Å². The Bertz CT molecular complexity index is 2450. The molecule has 0 atom stereocenters. The van der Waals surface area contributed by atoms with Gasteiger partial charge < -0.3 is 9.88 Å². The molecule has 2 heterocycles. The Labute approximate surface area is 265 Å². The first-order chi connectivity index (χ1) is 22.3. The molecule has 0 amide bonds. The molecule has 9 rings (SSSR count). The minimum absolute atomic E-state index is 1.05. The first-order valence-electron chi connectivity index (χ1n) is 15.3. The molecule has 7 aromatic carbocycles. The molecule has 2 aromatic heterocycles. The van der Waals surface area contributed by atoms with Crippen LogP contribution in [0.25, 0.3) is 69.9 Å². The van der Waals surface area contributed by atoms with Gasteiger partial charge in [0.15, 0.2) is 0 Å². The minimum atomic E-state index is 1.05. The summed E-state index contributed by atoms with van der Waals surface area (Å²) in [4.78, 5) is 0. The van der Waals surface area contributed by atoms with Crippen LogP contribution in [0.5, 0.6) is 0 Å². The van der Waals surface area contributed by atoms with E-state index in [1.54, 1.807) is 0 Å². The summed E-state index contributed by atoms with van der Waals surface area (Å²) in [6, 6.07) is 59.0. The third-order valence-electron chi connectivity index (χ3n) is 8.82. The molecule has 0 unspecified atom stereocenters. The lowest BCUT2D eigenvalue weighted by Gasteiger charge is -2.20. The Kier molecular flexibility index (Phi) is 6.03. The average Bonchev–Trinajstić information content (AvgIpc) is 3.65. The maximum atomic E-state index is 3.92. The van der Waals surface area contributed by atoms with Crippen molar-refractivity contribution in [2.45, 2.75) is 0 Å². The SMILES string of the molecule is c1ccc(-c2ccc(Nc3c(-c4cccc5sc6ccccc6c45)cccc3-n3c4ccccc4c4ccccc43)cc2)cc1. The first kappa shape index (κ1) is 25.8. The van der Waals surface area contributed by atoms with Crippen molar-refractivity contribution < 1.29 is 0 Å².